The second-order valence-electron chi connectivity index (χ2n) is 5.40. The number of imidazole rings is 3. The average molecular weight is 573 g/mol. The molecular weight excluding hydrogens is 540 g/mol. The third-order valence-electron chi connectivity index (χ3n) is 3.12. The van der Waals surface area contributed by atoms with Crippen LogP contribution in [0.4, 0.5) is 0 Å². The zero-order valence-electron chi connectivity index (χ0n) is 16.3. The Balaban J connectivity index is -0.000000303. The molecule has 0 aromatic carbocycles. The van der Waals surface area contributed by atoms with E-state index in [1.54, 1.807) is 18.6 Å². The number of aryl methyl sites for hydroxylation is 3. The minimum absolute atomic E-state index is 0. The van der Waals surface area contributed by atoms with Gasteiger partial charge in [-0.15, -0.1) is 50.9 Å². The molecule has 0 atom stereocenters. The summed E-state index contributed by atoms with van der Waals surface area (Å²) in [5.74, 6) is 0. The molecule has 0 aliphatic rings. The van der Waals surface area contributed by atoms with Crippen LogP contribution in [0.3, 0.4) is 0 Å². The number of rotatable bonds is 6. The normalized spacial score (nSPS) is 8.56. The molecule has 156 valence electrons. The van der Waals surface area contributed by atoms with Crippen LogP contribution in [0.5, 0.6) is 0 Å². The molecule has 0 N–H and O–H groups in total. The summed E-state index contributed by atoms with van der Waals surface area (Å²) >= 11 is 0. The maximum absolute atomic E-state index is 3.90. The highest BCUT2D eigenvalue weighted by Crippen LogP contribution is 1.88. The van der Waals surface area contributed by atoms with Crippen molar-refractivity contribution in [3.63, 3.8) is 0 Å². The quantitative estimate of drug-likeness (QED) is 0.386. The van der Waals surface area contributed by atoms with Crippen molar-refractivity contribution in [1.82, 2.24) is 28.7 Å². The predicted octanol–water partition coefficient (Wildman–Crippen LogP) is 5.61. The van der Waals surface area contributed by atoms with E-state index in [0.717, 1.165) is 19.6 Å². The topological polar surface area (TPSA) is 53.5 Å². The summed E-state index contributed by atoms with van der Waals surface area (Å²) in [5, 5.41) is 0. The van der Waals surface area contributed by atoms with Crippen molar-refractivity contribution >= 4 is 50.9 Å². The Morgan fingerprint density at radius 2 is 0.778 bits per heavy atom. The van der Waals surface area contributed by atoms with Gasteiger partial charge in [0.15, 0.2) is 0 Å². The lowest BCUT2D eigenvalue weighted by molar-refractivity contribution is 0.678. The Morgan fingerprint density at radius 3 is 0.926 bits per heavy atom. The predicted molar refractivity (Wildman–Crippen MR) is 129 cm³/mol. The van der Waals surface area contributed by atoms with Crippen LogP contribution in [0.25, 0.3) is 0 Å². The third kappa shape index (κ3) is 15.8. The minimum Gasteiger partial charge on any atom is -0.338 e. The van der Waals surface area contributed by atoms with Gasteiger partial charge in [0.2, 0.25) is 0 Å². The van der Waals surface area contributed by atoms with E-state index in [1.165, 1.54) is 19.3 Å². The molecule has 3 rings (SSSR count). The number of hydrogen-bond donors (Lipinski definition) is 0. The van der Waals surface area contributed by atoms with E-state index < -0.39 is 0 Å². The van der Waals surface area contributed by atoms with E-state index in [0.29, 0.717) is 0 Å². The largest absolute Gasteiger partial charge is 0.338 e. The van der Waals surface area contributed by atoms with Gasteiger partial charge in [0.1, 0.15) is 0 Å². The molecule has 0 aliphatic heterocycles. The summed E-state index contributed by atoms with van der Waals surface area (Å²) in [5.41, 5.74) is 0. The lowest BCUT2D eigenvalue weighted by Crippen LogP contribution is -1.90. The molecule has 9 heteroatoms. The van der Waals surface area contributed by atoms with Crippen molar-refractivity contribution in [1.29, 1.82) is 0 Å². The fourth-order valence-corrected chi connectivity index (χ4v) is 2.03. The molecule has 0 saturated carbocycles. The van der Waals surface area contributed by atoms with Gasteiger partial charge in [0.05, 0.1) is 19.0 Å². The number of hydrogen-bond acceptors (Lipinski definition) is 3. The second kappa shape index (κ2) is 21.4. The van der Waals surface area contributed by atoms with Crippen molar-refractivity contribution in [3.8, 4) is 0 Å². The Bertz CT molecular complexity index is 497. The number of aromatic nitrogens is 6. The maximum atomic E-state index is 3.90. The van der Waals surface area contributed by atoms with Gasteiger partial charge < -0.3 is 13.7 Å². The first-order chi connectivity index (χ1) is 11.8. The van der Waals surface area contributed by atoms with Crippen LogP contribution in [0.2, 0.25) is 0 Å². The molecule has 27 heavy (non-hydrogen) atoms. The molecule has 3 aromatic heterocycles. The molecule has 0 saturated heterocycles. The Labute approximate surface area is 194 Å². The number of halogens is 3. The van der Waals surface area contributed by atoms with Gasteiger partial charge in [0.25, 0.3) is 0 Å². The summed E-state index contributed by atoms with van der Waals surface area (Å²) in [6.45, 7) is 9.71. The van der Waals surface area contributed by atoms with E-state index in [4.69, 9.17) is 0 Å². The van der Waals surface area contributed by atoms with Crippen molar-refractivity contribution in [2.45, 2.75) is 59.7 Å². The van der Waals surface area contributed by atoms with Gasteiger partial charge in [-0.1, -0.05) is 20.8 Å². The van der Waals surface area contributed by atoms with Crippen LogP contribution < -0.4 is 0 Å². The highest BCUT2D eigenvalue weighted by atomic mass is 79.9. The standard InChI is InChI=1S/3C6H10N2.3BrH/c3*1-2-4-8-5-3-7-6-8;;;/h3*3,5-6H,2,4H2,1H3;3*1H. The Morgan fingerprint density at radius 1 is 0.519 bits per heavy atom. The Kier molecular flexibility index (Phi) is 24.4. The monoisotopic (exact) mass is 570 g/mol. The van der Waals surface area contributed by atoms with E-state index in [1.807, 2.05) is 37.6 Å². The molecule has 0 spiro atoms. The van der Waals surface area contributed by atoms with Crippen LogP contribution in [-0.2, 0) is 19.6 Å². The molecule has 0 fully saturated rings. The minimum atomic E-state index is 0. The SMILES string of the molecule is Br.Br.Br.CCCn1ccnc1.CCCn1ccnc1.CCCn1ccnc1. The maximum Gasteiger partial charge on any atom is 0.0945 e. The molecular formula is C18H33Br3N6. The summed E-state index contributed by atoms with van der Waals surface area (Å²) in [4.78, 5) is 11.7. The van der Waals surface area contributed by atoms with E-state index >= 15 is 0 Å². The fourth-order valence-electron chi connectivity index (χ4n) is 2.03. The molecule has 0 unspecified atom stereocenters. The average Bonchev–Trinajstić information content (AvgIpc) is 3.33. The lowest BCUT2D eigenvalue weighted by Gasteiger charge is -1.93. The van der Waals surface area contributed by atoms with Crippen LogP contribution in [0, 0.1) is 0 Å². The van der Waals surface area contributed by atoms with Gasteiger partial charge in [0, 0.05) is 56.8 Å². The zero-order chi connectivity index (χ0) is 17.5. The van der Waals surface area contributed by atoms with Gasteiger partial charge in [-0.2, -0.15) is 0 Å². The molecule has 0 radical (unpaired) electrons. The summed E-state index contributed by atoms with van der Waals surface area (Å²) < 4.78 is 6.21. The zero-order valence-corrected chi connectivity index (χ0v) is 21.5. The van der Waals surface area contributed by atoms with Crippen molar-refractivity contribution < 1.29 is 0 Å². The van der Waals surface area contributed by atoms with Crippen LogP contribution >= 0.6 is 50.9 Å². The van der Waals surface area contributed by atoms with Crippen LogP contribution in [0.1, 0.15) is 40.0 Å². The Hall–Kier alpha value is -0.930. The molecule has 6 nitrogen and oxygen atoms in total. The highest BCUT2D eigenvalue weighted by Gasteiger charge is 1.83. The smallest absolute Gasteiger partial charge is 0.0945 e. The third-order valence-corrected chi connectivity index (χ3v) is 3.12. The van der Waals surface area contributed by atoms with Crippen molar-refractivity contribution in [2.24, 2.45) is 0 Å². The highest BCUT2D eigenvalue weighted by molar-refractivity contribution is 8.93. The lowest BCUT2D eigenvalue weighted by atomic mass is 10.5. The van der Waals surface area contributed by atoms with Gasteiger partial charge in [-0.05, 0) is 19.3 Å². The summed E-state index contributed by atoms with van der Waals surface area (Å²) in [7, 11) is 0. The van der Waals surface area contributed by atoms with Crippen LogP contribution in [-0.4, -0.2) is 28.7 Å². The first kappa shape index (κ1) is 30.8. The van der Waals surface area contributed by atoms with Gasteiger partial charge >= 0.3 is 0 Å². The van der Waals surface area contributed by atoms with Crippen molar-refractivity contribution in [2.75, 3.05) is 0 Å². The van der Waals surface area contributed by atoms with Crippen LogP contribution in [0.15, 0.2) is 56.2 Å². The molecule has 0 bridgehead atoms. The molecule has 3 heterocycles. The van der Waals surface area contributed by atoms with E-state index in [-0.39, 0.29) is 50.9 Å². The second-order valence-corrected chi connectivity index (χ2v) is 5.40. The first-order valence-corrected chi connectivity index (χ1v) is 8.67. The summed E-state index contributed by atoms with van der Waals surface area (Å²) in [6, 6.07) is 0. The van der Waals surface area contributed by atoms with E-state index in [2.05, 4.69) is 49.4 Å². The van der Waals surface area contributed by atoms with E-state index in [9.17, 15) is 0 Å². The first-order valence-electron chi connectivity index (χ1n) is 8.67. The van der Waals surface area contributed by atoms with Crippen molar-refractivity contribution in [3.05, 3.63) is 56.2 Å². The molecule has 0 aliphatic carbocycles. The van der Waals surface area contributed by atoms with Gasteiger partial charge in [-0.3, -0.25) is 0 Å². The summed E-state index contributed by atoms with van der Waals surface area (Å²) in [6.07, 6.45) is 20.4. The number of nitrogens with zero attached hydrogens (tertiary/aromatic N) is 6. The molecule has 3 aromatic rings. The van der Waals surface area contributed by atoms with Gasteiger partial charge in [-0.25, -0.2) is 15.0 Å². The molecule has 0 amide bonds. The fraction of sp³-hybridized carbons (Fsp3) is 0.500.